The average molecular weight is 358 g/mol. The molecule has 3 rings (SSSR count). The van der Waals surface area contributed by atoms with Crippen LogP contribution in [-0.4, -0.2) is 29.2 Å². The Morgan fingerprint density at radius 2 is 2.24 bits per heavy atom. The van der Waals surface area contributed by atoms with Crippen LogP contribution in [-0.2, 0) is 14.3 Å². The molecule has 2 aromatic rings. The number of furan rings is 1. The van der Waals surface area contributed by atoms with Crippen molar-refractivity contribution in [2.45, 2.75) is 26.3 Å². The van der Waals surface area contributed by atoms with Gasteiger partial charge < -0.3 is 9.15 Å². The minimum absolute atomic E-state index is 0.332. The van der Waals surface area contributed by atoms with E-state index >= 15 is 0 Å². The summed E-state index contributed by atoms with van der Waals surface area (Å²) in [6, 6.07) is 7.16. The lowest BCUT2D eigenvalue weighted by Gasteiger charge is -2.19. The molecule has 6 nitrogen and oxygen atoms in total. The van der Waals surface area contributed by atoms with E-state index in [4.69, 9.17) is 9.15 Å². The van der Waals surface area contributed by atoms with Gasteiger partial charge in [0.2, 0.25) is 0 Å². The summed E-state index contributed by atoms with van der Waals surface area (Å²) in [5.41, 5.74) is 1.63. The second kappa shape index (κ2) is 7.48. The highest BCUT2D eigenvalue weighted by molar-refractivity contribution is 7.12. The molecule has 0 spiro atoms. The highest BCUT2D eigenvalue weighted by Crippen LogP contribution is 2.33. The van der Waals surface area contributed by atoms with Crippen LogP contribution in [0.3, 0.4) is 0 Å². The van der Waals surface area contributed by atoms with Crippen molar-refractivity contribution in [1.82, 2.24) is 5.01 Å². The minimum Gasteiger partial charge on any atom is -0.467 e. The van der Waals surface area contributed by atoms with Crippen LogP contribution < -0.4 is 0 Å². The first kappa shape index (κ1) is 17.2. The molecule has 0 N–H and O–H groups in total. The third kappa shape index (κ3) is 4.06. The van der Waals surface area contributed by atoms with Crippen molar-refractivity contribution >= 4 is 28.9 Å². The number of hydrazone groups is 1. The zero-order valence-electron chi connectivity index (χ0n) is 14.0. The van der Waals surface area contributed by atoms with Gasteiger partial charge >= 0.3 is 5.97 Å². The Morgan fingerprint density at radius 1 is 1.40 bits per heavy atom. The third-order valence-electron chi connectivity index (χ3n) is 3.59. The fourth-order valence-electron chi connectivity index (χ4n) is 2.51. The fraction of sp³-hybridized carbons (Fsp3) is 0.278. The number of thiophene rings is 1. The summed E-state index contributed by atoms with van der Waals surface area (Å²) in [4.78, 5) is 25.2. The molecular formula is C18H18N2O4S. The molecule has 3 heterocycles. The van der Waals surface area contributed by atoms with E-state index < -0.39 is 5.97 Å². The van der Waals surface area contributed by atoms with E-state index in [2.05, 4.69) is 5.10 Å². The van der Waals surface area contributed by atoms with Crippen molar-refractivity contribution in [3.8, 4) is 0 Å². The second-order valence-corrected chi connectivity index (χ2v) is 6.77. The largest absolute Gasteiger partial charge is 0.467 e. The quantitative estimate of drug-likeness (QED) is 0.605. The Balaban J connectivity index is 1.76. The monoisotopic (exact) mass is 358 g/mol. The molecule has 1 aliphatic heterocycles. The van der Waals surface area contributed by atoms with E-state index in [-0.39, 0.29) is 18.6 Å². The van der Waals surface area contributed by atoms with Crippen molar-refractivity contribution in [3.05, 3.63) is 58.2 Å². The summed E-state index contributed by atoms with van der Waals surface area (Å²) in [7, 11) is 0. The summed E-state index contributed by atoms with van der Waals surface area (Å²) >= 11 is 1.57. The predicted octanol–water partition coefficient (Wildman–Crippen LogP) is 3.53. The number of amides is 1. The molecular weight excluding hydrogens is 340 g/mol. The molecule has 0 aliphatic carbocycles. The van der Waals surface area contributed by atoms with Gasteiger partial charge in [0.25, 0.3) is 5.91 Å². The maximum Gasteiger partial charge on any atom is 0.331 e. The van der Waals surface area contributed by atoms with Crippen LogP contribution in [0.25, 0.3) is 0 Å². The first-order valence-electron chi connectivity index (χ1n) is 7.83. The van der Waals surface area contributed by atoms with Gasteiger partial charge in [0.1, 0.15) is 11.8 Å². The molecule has 7 heteroatoms. The fourth-order valence-corrected chi connectivity index (χ4v) is 3.23. The van der Waals surface area contributed by atoms with Crippen LogP contribution in [0.5, 0.6) is 0 Å². The molecule has 2 aromatic heterocycles. The highest BCUT2D eigenvalue weighted by Gasteiger charge is 2.35. The van der Waals surface area contributed by atoms with Crippen LogP contribution >= 0.6 is 11.3 Å². The van der Waals surface area contributed by atoms with E-state index in [9.17, 15) is 9.59 Å². The smallest absolute Gasteiger partial charge is 0.331 e. The molecule has 25 heavy (non-hydrogen) atoms. The summed E-state index contributed by atoms with van der Waals surface area (Å²) in [6.07, 6.45) is 3.47. The van der Waals surface area contributed by atoms with Gasteiger partial charge in [-0.05, 0) is 37.4 Å². The molecule has 1 aliphatic rings. The lowest BCUT2D eigenvalue weighted by atomic mass is 10.1. The molecule has 0 unspecified atom stereocenters. The minimum atomic E-state index is -0.537. The van der Waals surface area contributed by atoms with Crippen LogP contribution in [0.1, 0.15) is 36.9 Å². The molecule has 0 saturated carbocycles. The van der Waals surface area contributed by atoms with Gasteiger partial charge in [-0.15, -0.1) is 11.3 Å². The Labute approximate surface area is 149 Å². The van der Waals surface area contributed by atoms with Crippen molar-refractivity contribution < 1.29 is 18.7 Å². The number of nitrogens with zero attached hydrogens (tertiary/aromatic N) is 2. The number of rotatable bonds is 5. The predicted molar refractivity (Wildman–Crippen MR) is 94.2 cm³/mol. The first-order valence-corrected chi connectivity index (χ1v) is 8.71. The van der Waals surface area contributed by atoms with Gasteiger partial charge in [0.15, 0.2) is 6.61 Å². The molecule has 0 radical (unpaired) electrons. The van der Waals surface area contributed by atoms with E-state index in [0.29, 0.717) is 12.2 Å². The molecule has 0 bridgehead atoms. The number of carbonyl (C=O) groups is 2. The zero-order chi connectivity index (χ0) is 17.8. The third-order valence-corrected chi connectivity index (χ3v) is 4.51. The summed E-state index contributed by atoms with van der Waals surface area (Å²) in [6.45, 7) is 3.21. The molecule has 1 amide bonds. The van der Waals surface area contributed by atoms with Gasteiger partial charge in [-0.2, -0.15) is 5.10 Å². The van der Waals surface area contributed by atoms with Gasteiger partial charge in [0, 0.05) is 12.5 Å². The number of hydrogen-bond acceptors (Lipinski definition) is 6. The van der Waals surface area contributed by atoms with Crippen molar-refractivity contribution in [1.29, 1.82) is 0 Å². The molecule has 0 saturated heterocycles. The van der Waals surface area contributed by atoms with Crippen LogP contribution in [0, 0.1) is 0 Å². The summed E-state index contributed by atoms with van der Waals surface area (Å²) < 4.78 is 10.5. The number of esters is 1. The standard InChI is InChI=1S/C18H18N2O4S/c1-12(2)9-18(22)24-11-17(21)20-14(15-5-3-7-23-15)10-13(19-20)16-6-4-8-25-16/h3-9,14H,10-11H2,1-2H3/t14-/m0/s1. The van der Waals surface area contributed by atoms with Crippen LogP contribution in [0.15, 0.2) is 57.1 Å². The average Bonchev–Trinajstić information content (AvgIpc) is 3.31. The molecule has 1 atom stereocenters. The SMILES string of the molecule is CC(C)=CC(=O)OCC(=O)N1N=C(c2cccs2)C[C@H]1c1ccco1. The maximum atomic E-state index is 12.5. The van der Waals surface area contributed by atoms with Crippen molar-refractivity contribution in [2.75, 3.05) is 6.61 Å². The molecule has 0 aromatic carbocycles. The zero-order valence-corrected chi connectivity index (χ0v) is 14.8. The lowest BCUT2D eigenvalue weighted by molar-refractivity contribution is -0.149. The number of hydrogen-bond donors (Lipinski definition) is 0. The second-order valence-electron chi connectivity index (χ2n) is 5.83. The van der Waals surface area contributed by atoms with Crippen LogP contribution in [0.4, 0.5) is 0 Å². The Bertz CT molecular complexity index is 802. The van der Waals surface area contributed by atoms with E-state index in [1.165, 1.54) is 11.1 Å². The van der Waals surface area contributed by atoms with E-state index in [0.717, 1.165) is 16.2 Å². The van der Waals surface area contributed by atoms with Gasteiger partial charge in [-0.25, -0.2) is 9.80 Å². The Morgan fingerprint density at radius 3 is 2.88 bits per heavy atom. The van der Waals surface area contributed by atoms with Gasteiger partial charge in [-0.3, -0.25) is 4.79 Å². The summed E-state index contributed by atoms with van der Waals surface area (Å²) in [5.74, 6) is -0.271. The Kier molecular flexibility index (Phi) is 5.14. The Hall–Kier alpha value is -2.67. The van der Waals surface area contributed by atoms with Gasteiger partial charge in [0.05, 0.1) is 16.9 Å². The van der Waals surface area contributed by atoms with Crippen molar-refractivity contribution in [3.63, 3.8) is 0 Å². The maximum absolute atomic E-state index is 12.5. The normalized spacial score (nSPS) is 16.5. The van der Waals surface area contributed by atoms with Crippen LogP contribution in [0.2, 0.25) is 0 Å². The lowest BCUT2D eigenvalue weighted by Crippen LogP contribution is -2.31. The first-order chi connectivity index (χ1) is 12.0. The van der Waals surface area contributed by atoms with Crippen molar-refractivity contribution in [2.24, 2.45) is 5.10 Å². The number of ether oxygens (including phenoxy) is 1. The molecule has 0 fully saturated rings. The molecule has 130 valence electrons. The van der Waals surface area contributed by atoms with E-state index in [1.807, 2.05) is 23.6 Å². The summed E-state index contributed by atoms with van der Waals surface area (Å²) in [5, 5.41) is 7.77. The van der Waals surface area contributed by atoms with Gasteiger partial charge in [-0.1, -0.05) is 11.6 Å². The number of allylic oxidation sites excluding steroid dienone is 1. The topological polar surface area (TPSA) is 72.1 Å². The van der Waals surface area contributed by atoms with E-state index in [1.54, 1.807) is 37.5 Å². The number of carbonyl (C=O) groups excluding carboxylic acids is 2. The highest BCUT2D eigenvalue weighted by atomic mass is 32.1.